The largest absolute Gasteiger partial charge is 0.351 e. The molecule has 126 valence electrons. The number of rotatable bonds is 4. The summed E-state index contributed by atoms with van der Waals surface area (Å²) in [5, 5.41) is 6.26. The van der Waals surface area contributed by atoms with Crippen LogP contribution in [0.15, 0.2) is 18.2 Å². The van der Waals surface area contributed by atoms with Crippen LogP contribution >= 0.6 is 0 Å². The van der Waals surface area contributed by atoms with Crippen LogP contribution in [0.3, 0.4) is 0 Å². The van der Waals surface area contributed by atoms with E-state index in [4.69, 9.17) is 0 Å². The molecule has 0 radical (unpaired) electrons. The maximum absolute atomic E-state index is 13.8. The van der Waals surface area contributed by atoms with Crippen molar-refractivity contribution in [1.29, 1.82) is 0 Å². The zero-order valence-electron chi connectivity index (χ0n) is 13.2. The second-order valence-electron chi connectivity index (χ2n) is 6.43. The third kappa shape index (κ3) is 4.06. The molecule has 3 rings (SSSR count). The predicted molar refractivity (Wildman–Crippen MR) is 83.8 cm³/mol. The number of carbonyl (C=O) groups is 1. The Morgan fingerprint density at radius 3 is 2.74 bits per heavy atom. The van der Waals surface area contributed by atoms with Gasteiger partial charge in [0.25, 0.3) is 0 Å². The maximum Gasteiger partial charge on any atom is 0.237 e. The normalized spacial score (nSPS) is 25.5. The molecule has 2 unspecified atom stereocenters. The Morgan fingerprint density at radius 2 is 2.04 bits per heavy atom. The average Bonchev–Trinajstić information content (AvgIpc) is 3.06. The highest BCUT2D eigenvalue weighted by Gasteiger charge is 2.27. The molecule has 2 aliphatic heterocycles. The number of amides is 1. The zero-order valence-corrected chi connectivity index (χ0v) is 13.2. The first-order valence-electron chi connectivity index (χ1n) is 8.32. The number of likely N-dealkylation sites (tertiary alicyclic amines) is 1. The summed E-state index contributed by atoms with van der Waals surface area (Å²) in [7, 11) is 0. The summed E-state index contributed by atoms with van der Waals surface area (Å²) < 4.78 is 27.5. The van der Waals surface area contributed by atoms with Gasteiger partial charge in [0.2, 0.25) is 5.91 Å². The summed E-state index contributed by atoms with van der Waals surface area (Å²) in [5.41, 5.74) is 0.108. The Hall–Kier alpha value is -1.53. The molecule has 0 bridgehead atoms. The average molecular weight is 323 g/mol. The Balaban J connectivity index is 1.56. The van der Waals surface area contributed by atoms with Crippen LogP contribution in [0.5, 0.6) is 0 Å². The van der Waals surface area contributed by atoms with Gasteiger partial charge >= 0.3 is 0 Å². The van der Waals surface area contributed by atoms with Crippen LogP contribution in [-0.2, 0) is 11.3 Å². The van der Waals surface area contributed by atoms with Crippen molar-refractivity contribution in [2.24, 2.45) is 0 Å². The molecule has 23 heavy (non-hydrogen) atoms. The van der Waals surface area contributed by atoms with Crippen LogP contribution < -0.4 is 10.6 Å². The van der Waals surface area contributed by atoms with Crippen LogP contribution in [0.4, 0.5) is 8.78 Å². The van der Waals surface area contributed by atoms with Gasteiger partial charge in [0, 0.05) is 24.7 Å². The Kier molecular flexibility index (Phi) is 5.23. The summed E-state index contributed by atoms with van der Waals surface area (Å²) in [6, 6.07) is 3.91. The lowest BCUT2D eigenvalue weighted by Gasteiger charge is -2.33. The number of carbonyl (C=O) groups excluding carboxylic acids is 1. The van der Waals surface area contributed by atoms with Crippen LogP contribution in [0.25, 0.3) is 0 Å². The van der Waals surface area contributed by atoms with Gasteiger partial charge in [-0.1, -0.05) is 6.07 Å². The molecule has 0 spiro atoms. The quantitative estimate of drug-likeness (QED) is 0.888. The van der Waals surface area contributed by atoms with Crippen LogP contribution in [0, 0.1) is 11.6 Å². The molecule has 0 aromatic heterocycles. The van der Waals surface area contributed by atoms with Crippen molar-refractivity contribution in [1.82, 2.24) is 15.5 Å². The van der Waals surface area contributed by atoms with Crippen molar-refractivity contribution in [2.75, 3.05) is 19.6 Å². The fourth-order valence-corrected chi connectivity index (χ4v) is 3.43. The van der Waals surface area contributed by atoms with Gasteiger partial charge in [-0.25, -0.2) is 8.78 Å². The van der Waals surface area contributed by atoms with Gasteiger partial charge in [0.15, 0.2) is 0 Å². The van der Waals surface area contributed by atoms with Gasteiger partial charge in [0.1, 0.15) is 11.6 Å². The highest BCUT2D eigenvalue weighted by molar-refractivity contribution is 5.82. The van der Waals surface area contributed by atoms with E-state index in [0.717, 1.165) is 38.8 Å². The molecule has 2 atom stereocenters. The molecule has 0 saturated carbocycles. The fraction of sp³-hybridized carbons (Fsp3) is 0.588. The first kappa shape index (κ1) is 16.3. The summed E-state index contributed by atoms with van der Waals surface area (Å²) >= 11 is 0. The van der Waals surface area contributed by atoms with Crippen molar-refractivity contribution in [2.45, 2.75) is 44.3 Å². The van der Waals surface area contributed by atoms with E-state index in [1.807, 2.05) is 4.90 Å². The Bertz CT molecular complexity index is 541. The number of piperidine rings is 1. The molecule has 0 aliphatic carbocycles. The number of nitrogens with one attached hydrogen (secondary N) is 2. The Morgan fingerprint density at radius 1 is 1.26 bits per heavy atom. The van der Waals surface area contributed by atoms with E-state index in [1.165, 1.54) is 18.2 Å². The second kappa shape index (κ2) is 7.36. The number of hydrogen-bond donors (Lipinski definition) is 2. The minimum Gasteiger partial charge on any atom is -0.351 e. The van der Waals surface area contributed by atoms with Crippen molar-refractivity contribution in [3.05, 3.63) is 35.4 Å². The first-order valence-corrected chi connectivity index (χ1v) is 8.32. The van der Waals surface area contributed by atoms with E-state index in [9.17, 15) is 13.6 Å². The summed E-state index contributed by atoms with van der Waals surface area (Å²) in [4.78, 5) is 14.2. The number of benzene rings is 1. The SMILES string of the molecule is O=C(NC1CCCN(Cc2c(F)cccc2F)C1)C1CCCN1. The van der Waals surface area contributed by atoms with Gasteiger partial charge in [-0.05, 0) is 50.9 Å². The third-order valence-corrected chi connectivity index (χ3v) is 4.67. The van der Waals surface area contributed by atoms with Gasteiger partial charge in [0.05, 0.1) is 6.04 Å². The Labute approximate surface area is 135 Å². The van der Waals surface area contributed by atoms with Crippen LogP contribution in [0.1, 0.15) is 31.2 Å². The topological polar surface area (TPSA) is 44.4 Å². The molecule has 2 heterocycles. The van der Waals surface area contributed by atoms with E-state index >= 15 is 0 Å². The van der Waals surface area contributed by atoms with E-state index in [0.29, 0.717) is 6.54 Å². The number of hydrogen-bond acceptors (Lipinski definition) is 3. The van der Waals surface area contributed by atoms with Crippen LogP contribution in [0.2, 0.25) is 0 Å². The minimum absolute atomic E-state index is 0.0476. The fourth-order valence-electron chi connectivity index (χ4n) is 3.43. The number of nitrogens with zero attached hydrogens (tertiary/aromatic N) is 1. The molecule has 1 aromatic rings. The molecular formula is C17H23F2N3O. The highest BCUT2D eigenvalue weighted by atomic mass is 19.1. The second-order valence-corrected chi connectivity index (χ2v) is 6.43. The number of halogens is 2. The monoisotopic (exact) mass is 323 g/mol. The van der Waals surface area contributed by atoms with Crippen LogP contribution in [-0.4, -0.2) is 42.5 Å². The maximum atomic E-state index is 13.8. The van der Waals surface area contributed by atoms with E-state index < -0.39 is 11.6 Å². The molecule has 2 fully saturated rings. The molecule has 2 aliphatic rings. The summed E-state index contributed by atoms with van der Waals surface area (Å²) in [6.45, 7) is 2.56. The molecular weight excluding hydrogens is 300 g/mol. The lowest BCUT2D eigenvalue weighted by Crippen LogP contribution is -2.51. The van der Waals surface area contributed by atoms with Crippen molar-refractivity contribution in [3.63, 3.8) is 0 Å². The van der Waals surface area contributed by atoms with Crippen molar-refractivity contribution < 1.29 is 13.6 Å². The summed E-state index contributed by atoms with van der Waals surface area (Å²) in [5.74, 6) is -0.968. The highest BCUT2D eigenvalue weighted by Crippen LogP contribution is 2.18. The standard InChI is InChI=1S/C17H23F2N3O/c18-14-5-1-6-15(19)13(14)11-22-9-3-4-12(10-22)21-17(23)16-7-2-8-20-16/h1,5-6,12,16,20H,2-4,7-11H2,(H,21,23). The minimum atomic E-state index is -0.508. The lowest BCUT2D eigenvalue weighted by molar-refractivity contribution is -0.123. The molecule has 4 nitrogen and oxygen atoms in total. The van der Waals surface area contributed by atoms with E-state index in [2.05, 4.69) is 10.6 Å². The van der Waals surface area contributed by atoms with Gasteiger partial charge in [-0.3, -0.25) is 9.69 Å². The third-order valence-electron chi connectivity index (χ3n) is 4.67. The van der Waals surface area contributed by atoms with Gasteiger partial charge < -0.3 is 10.6 Å². The molecule has 2 saturated heterocycles. The zero-order chi connectivity index (χ0) is 16.2. The van der Waals surface area contributed by atoms with Gasteiger partial charge in [-0.2, -0.15) is 0 Å². The van der Waals surface area contributed by atoms with Gasteiger partial charge in [-0.15, -0.1) is 0 Å². The van der Waals surface area contributed by atoms with Crippen molar-refractivity contribution in [3.8, 4) is 0 Å². The van der Waals surface area contributed by atoms with Crippen molar-refractivity contribution >= 4 is 5.91 Å². The molecule has 1 amide bonds. The molecule has 2 N–H and O–H groups in total. The first-order chi connectivity index (χ1) is 11.1. The van der Waals surface area contributed by atoms with E-state index in [1.54, 1.807) is 0 Å². The predicted octanol–water partition coefficient (Wildman–Crippen LogP) is 1.80. The molecule has 6 heteroatoms. The smallest absolute Gasteiger partial charge is 0.237 e. The molecule has 1 aromatic carbocycles. The lowest BCUT2D eigenvalue weighted by atomic mass is 10.0. The summed E-state index contributed by atoms with van der Waals surface area (Å²) in [6.07, 6.45) is 3.73. The van der Waals surface area contributed by atoms with E-state index in [-0.39, 0.29) is 30.1 Å².